The number of piperidine rings is 1. The van der Waals surface area contributed by atoms with Crippen LogP contribution in [0.25, 0.3) is 11.5 Å². The van der Waals surface area contributed by atoms with Gasteiger partial charge in [-0.05, 0) is 58.2 Å². The van der Waals surface area contributed by atoms with Crippen molar-refractivity contribution in [3.05, 3.63) is 35.7 Å². The molecule has 182 valence electrons. The number of amides is 1. The van der Waals surface area contributed by atoms with E-state index in [2.05, 4.69) is 29.0 Å². The van der Waals surface area contributed by atoms with Crippen LogP contribution in [-0.4, -0.2) is 62.2 Å². The average Bonchev–Trinajstić information content (AvgIpc) is 3.12. The van der Waals surface area contributed by atoms with E-state index in [1.54, 1.807) is 32.2 Å². The number of oxazole rings is 1. The van der Waals surface area contributed by atoms with Crippen LogP contribution in [0.3, 0.4) is 0 Å². The maximum absolute atomic E-state index is 12.6. The van der Waals surface area contributed by atoms with Crippen LogP contribution >= 0.6 is 0 Å². The fraction of sp³-hybridized carbons (Fsp3) is 0.583. The standard InChI is InChI=1S/C24H35N3O5S/c1-17-8-5-9-18(2)27(17)13-7-12-25-23(28)16-33(29,30)15-22-19(3)32-24(26-22)20-10-6-11-21(14-20)31-4/h6,10-11,14,17-18H,5,7-9,12-13,15-16H2,1-4H3,(H,25,28)/t17-,18-/m1/s1. The minimum Gasteiger partial charge on any atom is -0.497 e. The molecule has 1 fully saturated rings. The molecule has 3 rings (SSSR count). The van der Waals surface area contributed by atoms with Gasteiger partial charge in [-0.25, -0.2) is 13.4 Å². The highest BCUT2D eigenvalue weighted by atomic mass is 32.2. The van der Waals surface area contributed by atoms with Gasteiger partial charge in [0.15, 0.2) is 9.84 Å². The van der Waals surface area contributed by atoms with Crippen LogP contribution in [0.15, 0.2) is 28.7 Å². The van der Waals surface area contributed by atoms with Crippen LogP contribution < -0.4 is 10.1 Å². The highest BCUT2D eigenvalue weighted by Crippen LogP contribution is 2.26. The summed E-state index contributed by atoms with van der Waals surface area (Å²) in [6.45, 7) is 7.52. The molecule has 1 aliphatic heterocycles. The molecule has 1 aliphatic rings. The van der Waals surface area contributed by atoms with Crippen LogP contribution in [0, 0.1) is 6.92 Å². The maximum atomic E-state index is 12.6. The van der Waals surface area contributed by atoms with Crippen molar-refractivity contribution < 1.29 is 22.4 Å². The average molecular weight is 478 g/mol. The summed E-state index contributed by atoms with van der Waals surface area (Å²) in [6, 6.07) is 8.29. The van der Waals surface area contributed by atoms with Crippen molar-refractivity contribution in [2.24, 2.45) is 0 Å². The molecule has 1 saturated heterocycles. The van der Waals surface area contributed by atoms with E-state index in [1.165, 1.54) is 19.3 Å². The van der Waals surface area contributed by atoms with Crippen molar-refractivity contribution in [2.45, 2.75) is 64.3 Å². The second-order valence-electron chi connectivity index (χ2n) is 8.86. The van der Waals surface area contributed by atoms with Crippen LogP contribution in [0.2, 0.25) is 0 Å². The lowest BCUT2D eigenvalue weighted by atomic mass is 9.97. The molecule has 2 aromatic rings. The molecule has 0 bridgehead atoms. The number of nitrogens with one attached hydrogen (secondary N) is 1. The minimum atomic E-state index is -3.68. The fourth-order valence-electron chi connectivity index (χ4n) is 4.36. The van der Waals surface area contributed by atoms with Crippen molar-refractivity contribution in [2.75, 3.05) is 26.0 Å². The molecule has 1 amide bonds. The van der Waals surface area contributed by atoms with E-state index < -0.39 is 21.5 Å². The third-order valence-corrected chi connectivity index (χ3v) is 7.62. The van der Waals surface area contributed by atoms with Gasteiger partial charge in [0.05, 0.1) is 18.6 Å². The number of hydrogen-bond acceptors (Lipinski definition) is 7. The smallest absolute Gasteiger partial charge is 0.235 e. The summed E-state index contributed by atoms with van der Waals surface area (Å²) in [7, 11) is -2.12. The first-order valence-corrected chi connectivity index (χ1v) is 13.3. The summed E-state index contributed by atoms with van der Waals surface area (Å²) < 4.78 is 36.1. The third-order valence-electron chi connectivity index (χ3n) is 6.21. The summed E-state index contributed by atoms with van der Waals surface area (Å²) in [5.74, 6) is -0.00145. The van der Waals surface area contributed by atoms with Gasteiger partial charge in [0, 0.05) is 30.7 Å². The molecular weight excluding hydrogens is 442 g/mol. The Morgan fingerprint density at radius 3 is 2.70 bits per heavy atom. The summed E-state index contributed by atoms with van der Waals surface area (Å²) >= 11 is 0. The predicted molar refractivity (Wildman–Crippen MR) is 128 cm³/mol. The fourth-order valence-corrected chi connectivity index (χ4v) is 5.64. The van der Waals surface area contributed by atoms with E-state index in [1.807, 2.05) is 6.07 Å². The predicted octanol–water partition coefficient (Wildman–Crippen LogP) is 3.34. The second-order valence-corrected chi connectivity index (χ2v) is 10.9. The van der Waals surface area contributed by atoms with Crippen molar-refractivity contribution in [1.29, 1.82) is 0 Å². The Balaban J connectivity index is 1.50. The number of methoxy groups -OCH3 is 1. The molecule has 1 aromatic carbocycles. The number of nitrogens with zero attached hydrogens (tertiary/aromatic N) is 2. The Labute approximate surface area is 196 Å². The van der Waals surface area contributed by atoms with Crippen molar-refractivity contribution in [1.82, 2.24) is 15.2 Å². The lowest BCUT2D eigenvalue weighted by Crippen LogP contribution is -2.45. The number of aromatic nitrogens is 1. The second kappa shape index (κ2) is 11.2. The molecule has 0 aliphatic carbocycles. The number of likely N-dealkylation sites (tertiary alicyclic amines) is 1. The molecule has 1 aromatic heterocycles. The normalized spacial score (nSPS) is 19.4. The Morgan fingerprint density at radius 2 is 2.00 bits per heavy atom. The number of benzene rings is 1. The molecule has 8 nitrogen and oxygen atoms in total. The van der Waals surface area contributed by atoms with Crippen LogP contribution in [-0.2, 0) is 20.4 Å². The highest BCUT2D eigenvalue weighted by Gasteiger charge is 2.25. The van der Waals surface area contributed by atoms with Gasteiger partial charge in [-0.3, -0.25) is 9.69 Å². The van der Waals surface area contributed by atoms with Gasteiger partial charge >= 0.3 is 0 Å². The topological polar surface area (TPSA) is 102 Å². The van der Waals surface area contributed by atoms with Gasteiger partial charge in [-0.2, -0.15) is 0 Å². The number of ether oxygens (including phenoxy) is 1. The zero-order chi connectivity index (χ0) is 24.0. The van der Waals surface area contributed by atoms with E-state index in [-0.39, 0.29) is 5.75 Å². The van der Waals surface area contributed by atoms with Gasteiger partial charge in [0.1, 0.15) is 17.3 Å². The van der Waals surface area contributed by atoms with Gasteiger partial charge < -0.3 is 14.5 Å². The molecule has 0 unspecified atom stereocenters. The summed E-state index contributed by atoms with van der Waals surface area (Å²) in [4.78, 5) is 19.1. The molecule has 33 heavy (non-hydrogen) atoms. The van der Waals surface area contributed by atoms with Crippen molar-refractivity contribution in [3.8, 4) is 17.2 Å². The molecular formula is C24H35N3O5S. The highest BCUT2D eigenvalue weighted by molar-refractivity contribution is 7.91. The van der Waals surface area contributed by atoms with Gasteiger partial charge in [-0.1, -0.05) is 12.5 Å². The monoisotopic (exact) mass is 477 g/mol. The number of carbonyl (C=O) groups is 1. The molecule has 2 atom stereocenters. The summed E-state index contributed by atoms with van der Waals surface area (Å²) in [6.07, 6.45) is 4.47. The van der Waals surface area contributed by atoms with Crippen LogP contribution in [0.5, 0.6) is 5.75 Å². The third kappa shape index (κ3) is 7.04. The number of sulfone groups is 1. The van der Waals surface area contributed by atoms with Crippen LogP contribution in [0.4, 0.5) is 0 Å². The lowest BCUT2D eigenvalue weighted by molar-refractivity contribution is -0.118. The number of carbonyl (C=O) groups excluding carboxylic acids is 1. The minimum absolute atomic E-state index is 0.314. The Hall–Kier alpha value is -2.39. The zero-order valence-corrected chi connectivity index (χ0v) is 20.8. The Bertz CT molecular complexity index is 1040. The van der Waals surface area contributed by atoms with Gasteiger partial charge in [0.2, 0.25) is 11.8 Å². The number of aryl methyl sites for hydroxylation is 1. The summed E-state index contributed by atoms with van der Waals surface area (Å²) in [5.41, 5.74) is 1.00. The van der Waals surface area contributed by atoms with Gasteiger partial charge in [-0.15, -0.1) is 0 Å². The zero-order valence-electron chi connectivity index (χ0n) is 20.0. The SMILES string of the molecule is COc1cccc(-c2nc(CS(=O)(=O)CC(=O)NCCCN3[C@H](C)CCC[C@H]3C)c(C)o2)c1. The van der Waals surface area contributed by atoms with E-state index in [0.717, 1.165) is 13.0 Å². The molecule has 0 saturated carbocycles. The first-order valence-electron chi connectivity index (χ1n) is 11.5. The first-order chi connectivity index (χ1) is 15.7. The molecule has 0 spiro atoms. The molecule has 2 heterocycles. The molecule has 0 radical (unpaired) electrons. The molecule has 9 heteroatoms. The van der Waals surface area contributed by atoms with Crippen molar-refractivity contribution in [3.63, 3.8) is 0 Å². The van der Waals surface area contributed by atoms with E-state index in [4.69, 9.17) is 9.15 Å². The lowest BCUT2D eigenvalue weighted by Gasteiger charge is -2.39. The van der Waals surface area contributed by atoms with E-state index >= 15 is 0 Å². The van der Waals surface area contributed by atoms with Crippen LogP contribution in [0.1, 0.15) is 51.0 Å². The quantitative estimate of drug-likeness (QED) is 0.524. The van der Waals surface area contributed by atoms with E-state index in [9.17, 15) is 13.2 Å². The number of hydrogen-bond donors (Lipinski definition) is 1. The van der Waals surface area contributed by atoms with E-state index in [0.29, 0.717) is 47.3 Å². The number of rotatable bonds is 10. The Kier molecular flexibility index (Phi) is 8.53. The van der Waals surface area contributed by atoms with Crippen molar-refractivity contribution >= 4 is 15.7 Å². The summed E-state index contributed by atoms with van der Waals surface area (Å²) in [5, 5.41) is 2.75. The Morgan fingerprint density at radius 1 is 1.27 bits per heavy atom. The van der Waals surface area contributed by atoms with Gasteiger partial charge in [0.25, 0.3) is 0 Å². The molecule has 1 N–H and O–H groups in total. The first kappa shape index (κ1) is 25.2. The maximum Gasteiger partial charge on any atom is 0.235 e. The largest absolute Gasteiger partial charge is 0.497 e.